The quantitative estimate of drug-likeness (QED) is 0.630. The van der Waals surface area contributed by atoms with Crippen molar-refractivity contribution >= 4 is 23.4 Å². The van der Waals surface area contributed by atoms with Gasteiger partial charge < -0.3 is 20.4 Å². The minimum Gasteiger partial charge on any atom is -0.325 e. The Hall–Kier alpha value is -1.04. The lowest BCUT2D eigenvalue weighted by atomic mass is 10.4. The topological polar surface area (TPSA) is 47.6 Å². The van der Waals surface area contributed by atoms with E-state index in [-0.39, 0.29) is 18.4 Å². The molecule has 0 aromatic rings. The average Bonchev–Trinajstić information content (AvgIpc) is 2.59. The Kier molecular flexibility index (Phi) is 2.22. The fourth-order valence-corrected chi connectivity index (χ4v) is 2.52. The summed E-state index contributed by atoms with van der Waals surface area (Å²) in [5, 5.41) is 6.53. The van der Waals surface area contributed by atoms with E-state index in [0.717, 1.165) is 18.2 Å². The molecule has 2 amide bonds. The van der Waals surface area contributed by atoms with Gasteiger partial charge in [-0.25, -0.2) is 4.79 Å². The average molecular weight is 214 g/mol. The number of fused-ring (bicyclic) bond motifs is 1. The van der Waals surface area contributed by atoms with Crippen molar-refractivity contribution in [3.05, 3.63) is 0 Å². The molecular weight excluding hydrogens is 200 g/mol. The van der Waals surface area contributed by atoms with Crippen LogP contribution >= 0.6 is 12.2 Å². The molecule has 2 fully saturated rings. The molecular formula is C8H14N4OS. The van der Waals surface area contributed by atoms with Crippen LogP contribution in [0, 0.1) is 0 Å². The molecule has 0 aromatic carbocycles. The number of hydrogen-bond donors (Lipinski definition) is 2. The minimum absolute atomic E-state index is 0.0000463. The Bertz CT molecular complexity index is 259. The van der Waals surface area contributed by atoms with E-state index in [2.05, 4.69) is 10.6 Å². The van der Waals surface area contributed by atoms with Gasteiger partial charge in [-0.3, -0.25) is 0 Å². The molecule has 0 radical (unpaired) electrons. The van der Waals surface area contributed by atoms with Crippen LogP contribution in [0.5, 0.6) is 0 Å². The summed E-state index contributed by atoms with van der Waals surface area (Å²) in [7, 11) is 0. The Morgan fingerprint density at radius 3 is 2.00 bits per heavy atom. The molecule has 2 saturated heterocycles. The van der Waals surface area contributed by atoms with E-state index < -0.39 is 0 Å². The fraction of sp³-hybridized carbons (Fsp3) is 0.750. The number of carbonyl (C=O) groups excluding carboxylic acids is 1. The maximum atomic E-state index is 11.2. The second kappa shape index (κ2) is 3.27. The lowest BCUT2D eigenvalue weighted by Crippen LogP contribution is -2.43. The zero-order chi connectivity index (χ0) is 10.3. The van der Waals surface area contributed by atoms with Crippen LogP contribution in [-0.4, -0.2) is 46.4 Å². The van der Waals surface area contributed by atoms with Crippen molar-refractivity contribution in [2.75, 3.05) is 13.1 Å². The predicted molar refractivity (Wildman–Crippen MR) is 56.6 cm³/mol. The van der Waals surface area contributed by atoms with E-state index in [0.29, 0.717) is 0 Å². The Labute approximate surface area is 88.4 Å². The number of amides is 2. The molecule has 2 aliphatic rings. The summed E-state index contributed by atoms with van der Waals surface area (Å²) in [4.78, 5) is 15.2. The van der Waals surface area contributed by atoms with Crippen LogP contribution in [0.4, 0.5) is 4.79 Å². The molecule has 2 N–H and O–H groups in total. The van der Waals surface area contributed by atoms with Crippen LogP contribution in [0.2, 0.25) is 0 Å². The summed E-state index contributed by atoms with van der Waals surface area (Å²) >= 11 is 5.31. The highest BCUT2D eigenvalue weighted by molar-refractivity contribution is 7.80. The second-order valence-electron chi connectivity index (χ2n) is 3.36. The van der Waals surface area contributed by atoms with Crippen molar-refractivity contribution in [1.82, 2.24) is 20.4 Å². The van der Waals surface area contributed by atoms with Crippen molar-refractivity contribution < 1.29 is 4.79 Å². The third-order valence-electron chi connectivity index (χ3n) is 2.70. The second-order valence-corrected chi connectivity index (χ2v) is 3.73. The molecule has 0 aliphatic carbocycles. The highest BCUT2D eigenvalue weighted by atomic mass is 32.1. The van der Waals surface area contributed by atoms with Gasteiger partial charge in [-0.05, 0) is 26.1 Å². The first kappa shape index (κ1) is 9.51. The van der Waals surface area contributed by atoms with Crippen molar-refractivity contribution in [1.29, 1.82) is 0 Å². The highest BCUT2D eigenvalue weighted by Crippen LogP contribution is 2.22. The van der Waals surface area contributed by atoms with E-state index >= 15 is 0 Å². The zero-order valence-corrected chi connectivity index (χ0v) is 9.10. The van der Waals surface area contributed by atoms with Gasteiger partial charge in [-0.15, -0.1) is 0 Å². The summed E-state index contributed by atoms with van der Waals surface area (Å²) < 4.78 is 0. The molecule has 5 nitrogen and oxygen atoms in total. The van der Waals surface area contributed by atoms with Crippen LogP contribution in [-0.2, 0) is 0 Å². The summed E-state index contributed by atoms with van der Waals surface area (Å²) in [6.07, 6.45) is -0.0000926. The molecule has 2 heterocycles. The fourth-order valence-electron chi connectivity index (χ4n) is 2.03. The number of thiocarbonyl (C=S) groups is 1. The van der Waals surface area contributed by atoms with Gasteiger partial charge >= 0.3 is 6.03 Å². The summed E-state index contributed by atoms with van der Waals surface area (Å²) in [6.45, 7) is 5.71. The highest BCUT2D eigenvalue weighted by Gasteiger charge is 2.47. The van der Waals surface area contributed by atoms with Gasteiger partial charge in [0.25, 0.3) is 0 Å². The SMILES string of the molecule is CCN1C(=S)N(CC)C2NC(=O)NC21. The molecule has 2 rings (SSSR count). The van der Waals surface area contributed by atoms with Crippen molar-refractivity contribution in [3.63, 3.8) is 0 Å². The Morgan fingerprint density at radius 1 is 1.21 bits per heavy atom. The van der Waals surface area contributed by atoms with Crippen LogP contribution < -0.4 is 10.6 Å². The monoisotopic (exact) mass is 214 g/mol. The molecule has 2 aliphatic heterocycles. The number of nitrogens with zero attached hydrogens (tertiary/aromatic N) is 2. The van der Waals surface area contributed by atoms with Gasteiger partial charge in [0.05, 0.1) is 0 Å². The van der Waals surface area contributed by atoms with E-state index in [1.807, 2.05) is 23.6 Å². The van der Waals surface area contributed by atoms with Crippen LogP contribution in [0.1, 0.15) is 13.8 Å². The van der Waals surface area contributed by atoms with Gasteiger partial charge in [0.15, 0.2) is 5.11 Å². The van der Waals surface area contributed by atoms with Gasteiger partial charge in [0.2, 0.25) is 0 Å². The number of hydrogen-bond acceptors (Lipinski definition) is 2. The van der Waals surface area contributed by atoms with Crippen molar-refractivity contribution in [2.24, 2.45) is 0 Å². The van der Waals surface area contributed by atoms with Gasteiger partial charge in [0.1, 0.15) is 12.3 Å². The summed E-state index contributed by atoms with van der Waals surface area (Å²) in [5.74, 6) is 0. The largest absolute Gasteiger partial charge is 0.325 e. The van der Waals surface area contributed by atoms with E-state index in [9.17, 15) is 4.79 Å². The molecule has 6 heteroatoms. The smallest absolute Gasteiger partial charge is 0.318 e. The first-order chi connectivity index (χ1) is 6.69. The van der Waals surface area contributed by atoms with Crippen LogP contribution in [0.15, 0.2) is 0 Å². The zero-order valence-electron chi connectivity index (χ0n) is 8.28. The molecule has 0 saturated carbocycles. The normalized spacial score (nSPS) is 30.4. The lowest BCUT2D eigenvalue weighted by molar-refractivity contribution is 0.242. The molecule has 0 aromatic heterocycles. The summed E-state index contributed by atoms with van der Waals surface area (Å²) in [6, 6.07) is -0.112. The maximum Gasteiger partial charge on any atom is 0.318 e. The number of carbonyl (C=O) groups is 1. The Morgan fingerprint density at radius 2 is 1.64 bits per heavy atom. The van der Waals surface area contributed by atoms with Crippen molar-refractivity contribution in [3.8, 4) is 0 Å². The third-order valence-corrected chi connectivity index (χ3v) is 3.17. The van der Waals surface area contributed by atoms with Crippen LogP contribution in [0.25, 0.3) is 0 Å². The molecule has 14 heavy (non-hydrogen) atoms. The number of nitrogens with one attached hydrogen (secondary N) is 2. The molecule has 2 atom stereocenters. The van der Waals surface area contributed by atoms with E-state index in [4.69, 9.17) is 12.2 Å². The first-order valence-corrected chi connectivity index (χ1v) is 5.24. The number of urea groups is 1. The van der Waals surface area contributed by atoms with Gasteiger partial charge in [-0.1, -0.05) is 0 Å². The number of rotatable bonds is 2. The molecule has 78 valence electrons. The standard InChI is InChI=1S/C8H14N4OS/c1-3-11-5-6(10-7(13)9-5)12(4-2)8(11)14/h5-6H,3-4H2,1-2H3,(H2,9,10,13). The molecule has 0 spiro atoms. The maximum absolute atomic E-state index is 11.2. The first-order valence-electron chi connectivity index (χ1n) is 4.83. The Balaban J connectivity index is 2.24. The van der Waals surface area contributed by atoms with Crippen molar-refractivity contribution in [2.45, 2.75) is 26.2 Å². The summed E-state index contributed by atoms with van der Waals surface area (Å²) in [5.41, 5.74) is 0. The van der Waals surface area contributed by atoms with Gasteiger partial charge in [0, 0.05) is 13.1 Å². The number of likely N-dealkylation sites (N-methyl/N-ethyl adjacent to an activating group) is 2. The lowest BCUT2D eigenvalue weighted by Gasteiger charge is -2.22. The van der Waals surface area contributed by atoms with E-state index in [1.165, 1.54) is 0 Å². The molecule has 0 bridgehead atoms. The predicted octanol–water partition coefficient (Wildman–Crippen LogP) is -0.106. The van der Waals surface area contributed by atoms with Gasteiger partial charge in [-0.2, -0.15) is 0 Å². The third kappa shape index (κ3) is 1.13. The van der Waals surface area contributed by atoms with Crippen LogP contribution in [0.3, 0.4) is 0 Å². The molecule has 2 unspecified atom stereocenters. The minimum atomic E-state index is -0.112. The van der Waals surface area contributed by atoms with E-state index in [1.54, 1.807) is 0 Å².